The first-order chi connectivity index (χ1) is 8.87. The van der Waals surface area contributed by atoms with Crippen LogP contribution in [0.3, 0.4) is 0 Å². The average Bonchev–Trinajstić information content (AvgIpc) is 2.75. The predicted octanol–water partition coefficient (Wildman–Crippen LogP) is 2.61. The van der Waals surface area contributed by atoms with Crippen LogP contribution in [0.25, 0.3) is 0 Å². The zero-order chi connectivity index (χ0) is 14.0. The normalized spacial score (nSPS) is 23.4. The van der Waals surface area contributed by atoms with Gasteiger partial charge in [0.05, 0.1) is 0 Å². The monoisotopic (exact) mass is 265 g/mol. The number of nitrogens with one attached hydrogen (secondary N) is 1. The molecule has 0 radical (unpaired) electrons. The molecule has 1 aromatic carbocycles. The van der Waals surface area contributed by atoms with Crippen molar-refractivity contribution >= 4 is 5.97 Å². The van der Waals surface area contributed by atoms with Crippen molar-refractivity contribution < 1.29 is 13.9 Å². The minimum atomic E-state index is -0.506. The number of halogens is 1. The van der Waals surface area contributed by atoms with Gasteiger partial charge in [-0.1, -0.05) is 12.1 Å². The Bertz CT molecular complexity index is 467. The Morgan fingerprint density at radius 2 is 2.16 bits per heavy atom. The van der Waals surface area contributed by atoms with E-state index in [1.807, 2.05) is 26.8 Å². The van der Waals surface area contributed by atoms with Crippen LogP contribution in [0.5, 0.6) is 0 Å². The molecule has 104 valence electrons. The SMILES string of the molecule is CC(C)(C)OC(=O)C1NCCC1c1cccc(F)c1. The molecule has 0 bridgehead atoms. The van der Waals surface area contributed by atoms with Crippen LogP contribution >= 0.6 is 0 Å². The smallest absolute Gasteiger partial charge is 0.324 e. The number of benzene rings is 1. The fourth-order valence-corrected chi connectivity index (χ4v) is 2.41. The zero-order valence-corrected chi connectivity index (χ0v) is 11.6. The van der Waals surface area contributed by atoms with E-state index in [9.17, 15) is 9.18 Å². The molecule has 1 N–H and O–H groups in total. The van der Waals surface area contributed by atoms with Gasteiger partial charge in [-0.25, -0.2) is 4.39 Å². The van der Waals surface area contributed by atoms with Crippen molar-refractivity contribution in [2.24, 2.45) is 0 Å². The van der Waals surface area contributed by atoms with E-state index in [0.29, 0.717) is 0 Å². The van der Waals surface area contributed by atoms with Gasteiger partial charge in [0, 0.05) is 5.92 Å². The summed E-state index contributed by atoms with van der Waals surface area (Å²) in [6.45, 7) is 6.27. The molecule has 2 unspecified atom stereocenters. The molecule has 0 spiro atoms. The third kappa shape index (κ3) is 3.53. The summed E-state index contributed by atoms with van der Waals surface area (Å²) in [5.74, 6) is -0.558. The lowest BCUT2D eigenvalue weighted by atomic mass is 9.92. The maximum atomic E-state index is 13.3. The molecular weight excluding hydrogens is 245 g/mol. The summed E-state index contributed by atoms with van der Waals surface area (Å²) in [6.07, 6.45) is 0.813. The van der Waals surface area contributed by atoms with Crippen LogP contribution in [0.15, 0.2) is 24.3 Å². The molecule has 1 heterocycles. The number of rotatable bonds is 2. The second kappa shape index (κ2) is 5.29. The van der Waals surface area contributed by atoms with Crippen LogP contribution in [0.1, 0.15) is 38.7 Å². The topological polar surface area (TPSA) is 38.3 Å². The zero-order valence-electron chi connectivity index (χ0n) is 11.6. The molecule has 19 heavy (non-hydrogen) atoms. The van der Waals surface area contributed by atoms with E-state index in [2.05, 4.69) is 5.32 Å². The molecule has 0 aliphatic carbocycles. The molecule has 1 aliphatic rings. The maximum absolute atomic E-state index is 13.3. The summed E-state index contributed by atoms with van der Waals surface area (Å²) >= 11 is 0. The molecule has 2 rings (SSSR count). The van der Waals surface area contributed by atoms with Crippen LogP contribution in [0, 0.1) is 5.82 Å². The molecule has 1 fully saturated rings. The molecule has 0 saturated carbocycles. The highest BCUT2D eigenvalue weighted by molar-refractivity contribution is 5.78. The summed E-state index contributed by atoms with van der Waals surface area (Å²) in [4.78, 5) is 12.2. The highest BCUT2D eigenvalue weighted by atomic mass is 19.1. The number of carbonyl (C=O) groups excluding carboxylic acids is 1. The Kier molecular flexibility index (Phi) is 3.90. The standard InChI is InChI=1S/C15H20FNO2/c1-15(2,3)19-14(18)13-12(7-8-17-13)10-5-4-6-11(16)9-10/h4-6,9,12-13,17H,7-8H2,1-3H3. The van der Waals surface area contributed by atoms with Crippen molar-refractivity contribution in [3.05, 3.63) is 35.6 Å². The van der Waals surface area contributed by atoms with E-state index in [-0.39, 0.29) is 23.7 Å². The first-order valence-corrected chi connectivity index (χ1v) is 6.58. The number of ether oxygens (including phenoxy) is 1. The van der Waals surface area contributed by atoms with E-state index in [4.69, 9.17) is 4.74 Å². The predicted molar refractivity (Wildman–Crippen MR) is 71.4 cm³/mol. The Morgan fingerprint density at radius 3 is 2.79 bits per heavy atom. The molecule has 1 aliphatic heterocycles. The van der Waals surface area contributed by atoms with Gasteiger partial charge in [0.2, 0.25) is 0 Å². The van der Waals surface area contributed by atoms with E-state index in [1.54, 1.807) is 6.07 Å². The molecule has 0 amide bonds. The molecule has 4 heteroatoms. The van der Waals surface area contributed by atoms with E-state index < -0.39 is 5.60 Å². The third-order valence-corrected chi connectivity index (χ3v) is 3.16. The van der Waals surface area contributed by atoms with E-state index >= 15 is 0 Å². The van der Waals surface area contributed by atoms with Crippen LogP contribution in [0.4, 0.5) is 4.39 Å². The molecular formula is C15H20FNO2. The fraction of sp³-hybridized carbons (Fsp3) is 0.533. The van der Waals surface area contributed by atoms with Crippen molar-refractivity contribution in [1.82, 2.24) is 5.32 Å². The molecule has 2 atom stereocenters. The van der Waals surface area contributed by atoms with Gasteiger partial charge < -0.3 is 10.1 Å². The van der Waals surface area contributed by atoms with Gasteiger partial charge >= 0.3 is 5.97 Å². The first-order valence-electron chi connectivity index (χ1n) is 6.58. The Balaban J connectivity index is 2.15. The largest absolute Gasteiger partial charge is 0.459 e. The molecule has 0 aromatic heterocycles. The van der Waals surface area contributed by atoms with Crippen molar-refractivity contribution in [2.75, 3.05) is 6.54 Å². The maximum Gasteiger partial charge on any atom is 0.324 e. The fourth-order valence-electron chi connectivity index (χ4n) is 2.41. The van der Waals surface area contributed by atoms with Gasteiger partial charge in [-0.15, -0.1) is 0 Å². The lowest BCUT2D eigenvalue weighted by molar-refractivity contribution is -0.157. The molecule has 1 saturated heterocycles. The summed E-state index contributed by atoms with van der Waals surface area (Å²) < 4.78 is 18.7. The highest BCUT2D eigenvalue weighted by Crippen LogP contribution is 2.29. The van der Waals surface area contributed by atoms with Crippen LogP contribution in [-0.4, -0.2) is 24.2 Å². The van der Waals surface area contributed by atoms with Gasteiger partial charge in [-0.2, -0.15) is 0 Å². The summed E-state index contributed by atoms with van der Waals surface area (Å²) in [5, 5.41) is 3.15. The number of esters is 1. The summed E-state index contributed by atoms with van der Waals surface area (Å²) in [6, 6.07) is 6.05. The molecule has 3 nitrogen and oxygen atoms in total. The van der Waals surface area contributed by atoms with E-state index in [0.717, 1.165) is 18.5 Å². The molecule has 1 aromatic rings. The van der Waals surface area contributed by atoms with Crippen molar-refractivity contribution in [3.63, 3.8) is 0 Å². The minimum Gasteiger partial charge on any atom is -0.459 e. The first kappa shape index (κ1) is 14.0. The highest BCUT2D eigenvalue weighted by Gasteiger charge is 2.36. The van der Waals surface area contributed by atoms with Crippen LogP contribution in [0.2, 0.25) is 0 Å². The van der Waals surface area contributed by atoms with Gasteiger partial charge in [-0.05, 0) is 51.4 Å². The van der Waals surface area contributed by atoms with Crippen LogP contribution < -0.4 is 5.32 Å². The van der Waals surface area contributed by atoms with Crippen LogP contribution in [-0.2, 0) is 9.53 Å². The van der Waals surface area contributed by atoms with Crippen molar-refractivity contribution in [1.29, 1.82) is 0 Å². The summed E-state index contributed by atoms with van der Waals surface area (Å²) in [5.41, 5.74) is 0.342. The van der Waals surface area contributed by atoms with E-state index in [1.165, 1.54) is 12.1 Å². The lowest BCUT2D eigenvalue weighted by Crippen LogP contribution is -2.40. The van der Waals surface area contributed by atoms with Crippen molar-refractivity contribution in [2.45, 2.75) is 44.8 Å². The van der Waals surface area contributed by atoms with Gasteiger partial charge in [0.1, 0.15) is 17.5 Å². The second-order valence-corrected chi connectivity index (χ2v) is 5.92. The Hall–Kier alpha value is -1.42. The quantitative estimate of drug-likeness (QED) is 0.835. The van der Waals surface area contributed by atoms with Gasteiger partial charge in [-0.3, -0.25) is 4.79 Å². The number of carbonyl (C=O) groups is 1. The Morgan fingerprint density at radius 1 is 1.42 bits per heavy atom. The number of hydrogen-bond acceptors (Lipinski definition) is 3. The third-order valence-electron chi connectivity index (χ3n) is 3.16. The average molecular weight is 265 g/mol. The van der Waals surface area contributed by atoms with Gasteiger partial charge in [0.15, 0.2) is 0 Å². The summed E-state index contributed by atoms with van der Waals surface area (Å²) in [7, 11) is 0. The Labute approximate surface area is 113 Å². The minimum absolute atomic E-state index is 0.0226. The number of hydrogen-bond donors (Lipinski definition) is 1. The van der Waals surface area contributed by atoms with Gasteiger partial charge in [0.25, 0.3) is 0 Å². The van der Waals surface area contributed by atoms with Crippen molar-refractivity contribution in [3.8, 4) is 0 Å². The lowest BCUT2D eigenvalue weighted by Gasteiger charge is -2.25. The second-order valence-electron chi connectivity index (χ2n) is 5.92.